The first-order valence-electron chi connectivity index (χ1n) is 6.18. The molecule has 0 aliphatic heterocycles. The second kappa shape index (κ2) is 5.84. The molecule has 2 aromatic rings. The summed E-state index contributed by atoms with van der Waals surface area (Å²) in [6.45, 7) is 1.99. The van der Waals surface area contributed by atoms with Gasteiger partial charge in [-0.1, -0.05) is 23.7 Å². The number of carbonyl (C=O) groups is 1. The summed E-state index contributed by atoms with van der Waals surface area (Å²) in [7, 11) is 0. The third-order valence-corrected chi connectivity index (χ3v) is 3.29. The van der Waals surface area contributed by atoms with Gasteiger partial charge in [-0.2, -0.15) is 0 Å². The fraction of sp³-hybridized carbons (Fsp3) is 0.133. The SMILES string of the molecule is CC(Nc1ccc(Cl)cc1C(N)=O)c1ccc(N)cc1. The molecule has 0 fully saturated rings. The Morgan fingerprint density at radius 2 is 1.85 bits per heavy atom. The molecule has 104 valence electrons. The predicted octanol–water partition coefficient (Wildman–Crippen LogP) is 3.19. The number of nitrogen functional groups attached to an aromatic ring is 1. The maximum Gasteiger partial charge on any atom is 0.250 e. The molecule has 0 saturated heterocycles. The van der Waals surface area contributed by atoms with Crippen LogP contribution in [0.5, 0.6) is 0 Å². The van der Waals surface area contributed by atoms with E-state index < -0.39 is 5.91 Å². The number of nitrogens with two attached hydrogens (primary N) is 2. The molecule has 5 N–H and O–H groups in total. The smallest absolute Gasteiger partial charge is 0.250 e. The van der Waals surface area contributed by atoms with Crippen LogP contribution in [0.2, 0.25) is 5.02 Å². The molecule has 5 heteroatoms. The van der Waals surface area contributed by atoms with Crippen molar-refractivity contribution in [2.75, 3.05) is 11.1 Å². The van der Waals surface area contributed by atoms with E-state index in [1.165, 1.54) is 0 Å². The summed E-state index contributed by atoms with van der Waals surface area (Å²) in [6.07, 6.45) is 0. The first-order chi connectivity index (χ1) is 9.47. The van der Waals surface area contributed by atoms with Crippen LogP contribution in [0.25, 0.3) is 0 Å². The van der Waals surface area contributed by atoms with Crippen molar-refractivity contribution < 1.29 is 4.79 Å². The molecule has 1 unspecified atom stereocenters. The molecule has 0 heterocycles. The van der Waals surface area contributed by atoms with Gasteiger partial charge in [0.05, 0.1) is 5.56 Å². The van der Waals surface area contributed by atoms with E-state index in [9.17, 15) is 4.79 Å². The highest BCUT2D eigenvalue weighted by Gasteiger charge is 2.12. The summed E-state index contributed by atoms with van der Waals surface area (Å²) >= 11 is 5.88. The predicted molar refractivity (Wildman–Crippen MR) is 82.9 cm³/mol. The van der Waals surface area contributed by atoms with Crippen molar-refractivity contribution in [3.8, 4) is 0 Å². The summed E-state index contributed by atoms with van der Waals surface area (Å²) in [5.74, 6) is -0.514. The molecule has 2 aromatic carbocycles. The van der Waals surface area contributed by atoms with Gasteiger partial charge in [0, 0.05) is 22.4 Å². The first-order valence-corrected chi connectivity index (χ1v) is 6.56. The van der Waals surface area contributed by atoms with E-state index in [0.29, 0.717) is 22.0 Å². The third-order valence-electron chi connectivity index (χ3n) is 3.06. The largest absolute Gasteiger partial charge is 0.399 e. The summed E-state index contributed by atoms with van der Waals surface area (Å²) in [6, 6.07) is 12.6. The van der Waals surface area contributed by atoms with E-state index in [-0.39, 0.29) is 6.04 Å². The fourth-order valence-electron chi connectivity index (χ4n) is 1.95. The van der Waals surface area contributed by atoms with Crippen LogP contribution in [-0.4, -0.2) is 5.91 Å². The summed E-state index contributed by atoms with van der Waals surface area (Å²) in [5, 5.41) is 3.73. The number of anilines is 2. The van der Waals surface area contributed by atoms with Gasteiger partial charge in [0.25, 0.3) is 5.91 Å². The number of primary amides is 1. The van der Waals surface area contributed by atoms with Crippen LogP contribution in [-0.2, 0) is 0 Å². The highest BCUT2D eigenvalue weighted by atomic mass is 35.5. The van der Waals surface area contributed by atoms with E-state index >= 15 is 0 Å². The number of benzene rings is 2. The van der Waals surface area contributed by atoms with Gasteiger partial charge in [0.1, 0.15) is 0 Å². The van der Waals surface area contributed by atoms with Crippen molar-refractivity contribution in [2.45, 2.75) is 13.0 Å². The topological polar surface area (TPSA) is 81.1 Å². The zero-order valence-corrected chi connectivity index (χ0v) is 11.8. The second-order valence-corrected chi connectivity index (χ2v) is 5.02. The Hall–Kier alpha value is -2.20. The highest BCUT2D eigenvalue weighted by Crippen LogP contribution is 2.25. The number of halogens is 1. The highest BCUT2D eigenvalue weighted by molar-refractivity contribution is 6.31. The molecular formula is C15H16ClN3O. The van der Waals surface area contributed by atoms with Crippen molar-refractivity contribution in [1.29, 1.82) is 0 Å². The number of rotatable bonds is 4. The molecule has 0 saturated carbocycles. The number of hydrogen-bond acceptors (Lipinski definition) is 3. The molecule has 0 aromatic heterocycles. The molecule has 2 rings (SSSR count). The molecule has 0 radical (unpaired) electrons. The third kappa shape index (κ3) is 3.22. The van der Waals surface area contributed by atoms with Gasteiger partial charge in [-0.25, -0.2) is 0 Å². The maximum absolute atomic E-state index is 11.4. The lowest BCUT2D eigenvalue weighted by molar-refractivity contribution is 0.100. The van der Waals surface area contributed by atoms with Crippen LogP contribution in [0, 0.1) is 0 Å². The summed E-state index contributed by atoms with van der Waals surface area (Å²) in [5.41, 5.74) is 13.8. The van der Waals surface area contributed by atoms with Crippen LogP contribution in [0.3, 0.4) is 0 Å². The lowest BCUT2D eigenvalue weighted by atomic mass is 10.1. The number of hydrogen-bond donors (Lipinski definition) is 3. The quantitative estimate of drug-likeness (QED) is 0.756. The van der Waals surface area contributed by atoms with Gasteiger partial charge in [-0.3, -0.25) is 4.79 Å². The van der Waals surface area contributed by atoms with Crippen molar-refractivity contribution >= 4 is 28.9 Å². The van der Waals surface area contributed by atoms with Gasteiger partial charge < -0.3 is 16.8 Å². The molecule has 0 aliphatic rings. The van der Waals surface area contributed by atoms with E-state index in [2.05, 4.69) is 5.32 Å². The monoisotopic (exact) mass is 289 g/mol. The Morgan fingerprint density at radius 1 is 1.20 bits per heavy atom. The minimum Gasteiger partial charge on any atom is -0.399 e. The first kappa shape index (κ1) is 14.2. The zero-order chi connectivity index (χ0) is 14.7. The summed E-state index contributed by atoms with van der Waals surface area (Å²) in [4.78, 5) is 11.4. The van der Waals surface area contributed by atoms with E-state index in [1.54, 1.807) is 18.2 Å². The molecule has 0 bridgehead atoms. The standard InChI is InChI=1S/C15H16ClN3O/c1-9(10-2-5-12(17)6-3-10)19-14-7-4-11(16)8-13(14)15(18)20/h2-9,19H,17H2,1H3,(H2,18,20). The van der Waals surface area contributed by atoms with E-state index in [1.807, 2.05) is 31.2 Å². The average Bonchev–Trinajstić information content (AvgIpc) is 2.41. The Labute approximate surface area is 122 Å². The normalized spacial score (nSPS) is 11.9. The zero-order valence-electron chi connectivity index (χ0n) is 11.1. The van der Waals surface area contributed by atoms with Crippen LogP contribution in [0.1, 0.15) is 28.9 Å². The van der Waals surface area contributed by atoms with Crippen LogP contribution >= 0.6 is 11.6 Å². The molecule has 0 aliphatic carbocycles. The second-order valence-electron chi connectivity index (χ2n) is 4.59. The van der Waals surface area contributed by atoms with E-state index in [0.717, 1.165) is 5.56 Å². The van der Waals surface area contributed by atoms with E-state index in [4.69, 9.17) is 23.1 Å². The van der Waals surface area contributed by atoms with Crippen molar-refractivity contribution in [3.63, 3.8) is 0 Å². The van der Waals surface area contributed by atoms with Crippen LogP contribution < -0.4 is 16.8 Å². The molecule has 4 nitrogen and oxygen atoms in total. The van der Waals surface area contributed by atoms with Crippen LogP contribution in [0.4, 0.5) is 11.4 Å². The Bertz CT molecular complexity index is 626. The van der Waals surface area contributed by atoms with Gasteiger partial charge in [-0.15, -0.1) is 0 Å². The molecule has 1 atom stereocenters. The van der Waals surface area contributed by atoms with Crippen molar-refractivity contribution in [1.82, 2.24) is 0 Å². The lowest BCUT2D eigenvalue weighted by Crippen LogP contribution is -2.16. The van der Waals surface area contributed by atoms with Crippen molar-refractivity contribution in [3.05, 3.63) is 58.6 Å². The minimum atomic E-state index is -0.514. The fourth-order valence-corrected chi connectivity index (χ4v) is 2.12. The lowest BCUT2D eigenvalue weighted by Gasteiger charge is -2.18. The number of nitrogens with one attached hydrogen (secondary N) is 1. The molecule has 0 spiro atoms. The Morgan fingerprint density at radius 3 is 2.45 bits per heavy atom. The Balaban J connectivity index is 2.25. The van der Waals surface area contributed by atoms with Crippen molar-refractivity contribution in [2.24, 2.45) is 5.73 Å². The van der Waals surface area contributed by atoms with Gasteiger partial charge >= 0.3 is 0 Å². The average molecular weight is 290 g/mol. The number of amides is 1. The molecular weight excluding hydrogens is 274 g/mol. The number of carbonyl (C=O) groups excluding carboxylic acids is 1. The maximum atomic E-state index is 11.4. The minimum absolute atomic E-state index is 0.00914. The molecule has 20 heavy (non-hydrogen) atoms. The molecule has 1 amide bonds. The Kier molecular flexibility index (Phi) is 4.15. The van der Waals surface area contributed by atoms with Gasteiger partial charge in [-0.05, 0) is 42.8 Å². The summed E-state index contributed by atoms with van der Waals surface area (Å²) < 4.78 is 0. The van der Waals surface area contributed by atoms with Crippen LogP contribution in [0.15, 0.2) is 42.5 Å². The van der Waals surface area contributed by atoms with Gasteiger partial charge in [0.15, 0.2) is 0 Å². The van der Waals surface area contributed by atoms with Gasteiger partial charge in [0.2, 0.25) is 0 Å².